The van der Waals surface area contributed by atoms with Crippen LogP contribution in [0.2, 0.25) is 0 Å². The van der Waals surface area contributed by atoms with Crippen LogP contribution >= 0.6 is 0 Å². The van der Waals surface area contributed by atoms with Crippen molar-refractivity contribution in [3.05, 3.63) is 0 Å². The minimum Gasteiger partial charge on any atom is -0.371 e. The Morgan fingerprint density at radius 2 is 1.78 bits per heavy atom. The molecule has 0 saturated heterocycles. The van der Waals surface area contributed by atoms with Gasteiger partial charge in [-0.05, 0) is 24.8 Å². The summed E-state index contributed by atoms with van der Waals surface area (Å²) in [6, 6.07) is 0. The highest BCUT2D eigenvalue weighted by Gasteiger charge is 2.27. The number of rotatable bonds is 7. The standard InChI is InChI=1S/C13H24F3NO/c1-11-2-4-12(5-3-11)6-7-17-8-9-18-10-13(14,15)16/h11-12,17H,2-10H2,1H3. The largest absolute Gasteiger partial charge is 0.411 e. The van der Waals surface area contributed by atoms with Gasteiger partial charge in [0.1, 0.15) is 6.61 Å². The highest BCUT2D eigenvalue weighted by Crippen LogP contribution is 2.29. The number of hydrogen-bond donors (Lipinski definition) is 1. The van der Waals surface area contributed by atoms with Crippen LogP contribution in [0.1, 0.15) is 39.0 Å². The van der Waals surface area contributed by atoms with Crippen molar-refractivity contribution in [3.63, 3.8) is 0 Å². The fourth-order valence-electron chi connectivity index (χ4n) is 2.38. The molecule has 1 aliphatic rings. The number of halogens is 3. The molecule has 1 N–H and O–H groups in total. The molecule has 0 bridgehead atoms. The van der Waals surface area contributed by atoms with E-state index in [1.54, 1.807) is 0 Å². The summed E-state index contributed by atoms with van der Waals surface area (Å²) in [5.41, 5.74) is 0. The molecule has 1 saturated carbocycles. The normalized spacial score (nSPS) is 25.3. The van der Waals surface area contributed by atoms with E-state index >= 15 is 0 Å². The monoisotopic (exact) mass is 267 g/mol. The van der Waals surface area contributed by atoms with Crippen LogP contribution in [0.3, 0.4) is 0 Å². The first-order valence-corrected chi connectivity index (χ1v) is 6.82. The summed E-state index contributed by atoms with van der Waals surface area (Å²) in [7, 11) is 0. The molecule has 0 aromatic heterocycles. The van der Waals surface area contributed by atoms with Crippen LogP contribution in [-0.2, 0) is 4.74 Å². The van der Waals surface area contributed by atoms with E-state index in [9.17, 15) is 13.2 Å². The lowest BCUT2D eigenvalue weighted by atomic mass is 9.81. The van der Waals surface area contributed by atoms with Crippen molar-refractivity contribution < 1.29 is 17.9 Å². The Bertz CT molecular complexity index is 213. The second-order valence-electron chi connectivity index (χ2n) is 5.33. The molecule has 0 unspecified atom stereocenters. The van der Waals surface area contributed by atoms with Crippen LogP contribution in [-0.4, -0.2) is 32.5 Å². The minimum absolute atomic E-state index is 0.126. The van der Waals surface area contributed by atoms with Gasteiger partial charge in [0.25, 0.3) is 0 Å². The quantitative estimate of drug-likeness (QED) is 0.714. The summed E-state index contributed by atoms with van der Waals surface area (Å²) in [5, 5.41) is 3.14. The molecule has 0 atom stereocenters. The second kappa shape index (κ2) is 8.00. The van der Waals surface area contributed by atoms with E-state index in [2.05, 4.69) is 17.0 Å². The molecule has 0 aromatic rings. The Balaban J connectivity index is 1.87. The first kappa shape index (κ1) is 15.8. The van der Waals surface area contributed by atoms with Gasteiger partial charge < -0.3 is 10.1 Å². The van der Waals surface area contributed by atoms with E-state index in [0.29, 0.717) is 6.54 Å². The number of ether oxygens (including phenoxy) is 1. The predicted molar refractivity (Wildman–Crippen MR) is 65.5 cm³/mol. The van der Waals surface area contributed by atoms with Crippen LogP contribution in [0.15, 0.2) is 0 Å². The van der Waals surface area contributed by atoms with E-state index in [1.165, 1.54) is 25.7 Å². The molecule has 0 aromatic carbocycles. The zero-order chi connectivity index (χ0) is 13.4. The third-order valence-electron chi connectivity index (χ3n) is 3.55. The van der Waals surface area contributed by atoms with E-state index in [4.69, 9.17) is 0 Å². The summed E-state index contributed by atoms with van der Waals surface area (Å²) >= 11 is 0. The fourth-order valence-corrected chi connectivity index (χ4v) is 2.38. The molecule has 108 valence electrons. The van der Waals surface area contributed by atoms with Gasteiger partial charge in [0, 0.05) is 6.54 Å². The lowest BCUT2D eigenvalue weighted by Crippen LogP contribution is -2.26. The Kier molecular flexibility index (Phi) is 7.00. The molecule has 1 aliphatic carbocycles. The van der Waals surface area contributed by atoms with Gasteiger partial charge in [0.15, 0.2) is 0 Å². The molecule has 1 fully saturated rings. The third-order valence-corrected chi connectivity index (χ3v) is 3.55. The highest BCUT2D eigenvalue weighted by molar-refractivity contribution is 4.70. The molecule has 0 aliphatic heterocycles. The number of alkyl halides is 3. The maximum Gasteiger partial charge on any atom is 0.411 e. The Morgan fingerprint density at radius 1 is 1.11 bits per heavy atom. The molecular weight excluding hydrogens is 243 g/mol. The lowest BCUT2D eigenvalue weighted by Gasteiger charge is -2.26. The van der Waals surface area contributed by atoms with Crippen LogP contribution < -0.4 is 5.32 Å². The molecule has 2 nitrogen and oxygen atoms in total. The average molecular weight is 267 g/mol. The molecule has 0 radical (unpaired) electrons. The Morgan fingerprint density at radius 3 is 2.39 bits per heavy atom. The van der Waals surface area contributed by atoms with E-state index in [-0.39, 0.29) is 6.61 Å². The van der Waals surface area contributed by atoms with Crippen molar-refractivity contribution in [2.75, 3.05) is 26.3 Å². The zero-order valence-corrected chi connectivity index (χ0v) is 11.1. The summed E-state index contributed by atoms with van der Waals surface area (Å²) in [4.78, 5) is 0. The van der Waals surface area contributed by atoms with Gasteiger partial charge >= 0.3 is 6.18 Å². The maximum atomic E-state index is 11.8. The van der Waals surface area contributed by atoms with Crippen molar-refractivity contribution in [3.8, 4) is 0 Å². The van der Waals surface area contributed by atoms with Gasteiger partial charge in [0.05, 0.1) is 6.61 Å². The topological polar surface area (TPSA) is 21.3 Å². The lowest BCUT2D eigenvalue weighted by molar-refractivity contribution is -0.173. The molecular formula is C13H24F3NO. The third kappa shape index (κ3) is 7.93. The van der Waals surface area contributed by atoms with Gasteiger partial charge in [-0.15, -0.1) is 0 Å². The second-order valence-corrected chi connectivity index (χ2v) is 5.33. The van der Waals surface area contributed by atoms with Crippen molar-refractivity contribution in [2.45, 2.75) is 45.2 Å². The average Bonchev–Trinajstić information content (AvgIpc) is 2.29. The van der Waals surface area contributed by atoms with Crippen LogP contribution in [0.4, 0.5) is 13.2 Å². The zero-order valence-electron chi connectivity index (χ0n) is 11.1. The van der Waals surface area contributed by atoms with Crippen molar-refractivity contribution in [1.82, 2.24) is 5.32 Å². The maximum absolute atomic E-state index is 11.8. The first-order chi connectivity index (χ1) is 8.47. The highest BCUT2D eigenvalue weighted by atomic mass is 19.4. The molecule has 18 heavy (non-hydrogen) atoms. The summed E-state index contributed by atoms with van der Waals surface area (Å²) in [6.07, 6.45) is 2.16. The van der Waals surface area contributed by atoms with Crippen LogP contribution in [0.25, 0.3) is 0 Å². The first-order valence-electron chi connectivity index (χ1n) is 6.82. The molecule has 0 spiro atoms. The van der Waals surface area contributed by atoms with Gasteiger partial charge in [-0.2, -0.15) is 13.2 Å². The molecule has 0 amide bonds. The minimum atomic E-state index is -4.21. The summed E-state index contributed by atoms with van der Waals surface area (Å²) in [6.45, 7) is 2.66. The molecule has 5 heteroatoms. The van der Waals surface area contributed by atoms with Crippen molar-refractivity contribution in [1.29, 1.82) is 0 Å². The predicted octanol–water partition coefficient (Wildman–Crippen LogP) is 3.37. The Hall–Kier alpha value is -0.290. The SMILES string of the molecule is CC1CCC(CCNCCOCC(F)(F)F)CC1. The van der Waals surface area contributed by atoms with Gasteiger partial charge in [-0.1, -0.05) is 32.6 Å². The van der Waals surface area contributed by atoms with Crippen LogP contribution in [0.5, 0.6) is 0 Å². The summed E-state index contributed by atoms with van der Waals surface area (Å²) < 4.78 is 39.8. The van der Waals surface area contributed by atoms with Gasteiger partial charge in [-0.25, -0.2) is 0 Å². The Labute approximate surface area is 107 Å². The van der Waals surface area contributed by atoms with E-state index < -0.39 is 12.8 Å². The smallest absolute Gasteiger partial charge is 0.371 e. The number of hydrogen-bond acceptors (Lipinski definition) is 2. The van der Waals surface area contributed by atoms with Gasteiger partial charge in [-0.3, -0.25) is 0 Å². The fraction of sp³-hybridized carbons (Fsp3) is 1.00. The van der Waals surface area contributed by atoms with Crippen molar-refractivity contribution >= 4 is 0 Å². The van der Waals surface area contributed by atoms with E-state index in [1.807, 2.05) is 0 Å². The number of nitrogens with one attached hydrogen (secondary N) is 1. The summed E-state index contributed by atoms with van der Waals surface area (Å²) in [5.74, 6) is 1.66. The van der Waals surface area contributed by atoms with Crippen LogP contribution in [0, 0.1) is 11.8 Å². The van der Waals surface area contributed by atoms with Crippen molar-refractivity contribution in [2.24, 2.45) is 11.8 Å². The van der Waals surface area contributed by atoms with E-state index in [0.717, 1.165) is 24.8 Å². The molecule has 0 heterocycles. The molecule has 1 rings (SSSR count). The van der Waals surface area contributed by atoms with Gasteiger partial charge in [0.2, 0.25) is 0 Å².